The molecule has 1 amide bonds. The molecular formula is C25H26N6O5S. The lowest BCUT2D eigenvalue weighted by atomic mass is 10.1. The van der Waals surface area contributed by atoms with Crippen LogP contribution in [0.4, 0.5) is 5.82 Å². The summed E-state index contributed by atoms with van der Waals surface area (Å²) in [6.07, 6.45) is 3.20. The molecule has 0 aliphatic heterocycles. The van der Waals surface area contributed by atoms with E-state index in [4.69, 9.17) is 0 Å². The summed E-state index contributed by atoms with van der Waals surface area (Å²) in [5.41, 5.74) is 1.57. The molecule has 37 heavy (non-hydrogen) atoms. The monoisotopic (exact) mass is 522 g/mol. The van der Waals surface area contributed by atoms with Crippen molar-refractivity contribution in [1.29, 1.82) is 0 Å². The standard InChI is InChI=1S/C25H26N6O5S/c32-24(28-16-21(25(33)34)31-37(35,36)17-8-2-1-3-9-17)19-11-6-10-18-20(29-30-23(18)19)12-7-15-27-22-13-4-5-14-26-22/h1-6,8-11,13-14,21,31H,7,12,15-16H2,(H,26,27)(H,28,32)(H,29,30)(H,33,34). The van der Waals surface area contributed by atoms with E-state index in [1.807, 2.05) is 24.3 Å². The van der Waals surface area contributed by atoms with Crippen molar-refractivity contribution < 1.29 is 23.1 Å². The van der Waals surface area contributed by atoms with Gasteiger partial charge >= 0.3 is 5.97 Å². The summed E-state index contributed by atoms with van der Waals surface area (Å²) in [4.78, 5) is 28.7. The van der Waals surface area contributed by atoms with Gasteiger partial charge in [0.25, 0.3) is 5.91 Å². The molecule has 0 spiro atoms. The number of pyridine rings is 1. The van der Waals surface area contributed by atoms with Crippen molar-refractivity contribution in [2.24, 2.45) is 0 Å². The fraction of sp³-hybridized carbons (Fsp3) is 0.200. The highest BCUT2D eigenvalue weighted by Gasteiger charge is 2.26. The first-order valence-electron chi connectivity index (χ1n) is 11.5. The molecule has 5 N–H and O–H groups in total. The Balaban J connectivity index is 1.39. The number of fused-ring (bicyclic) bond motifs is 1. The fourth-order valence-corrected chi connectivity index (χ4v) is 4.95. The molecule has 12 heteroatoms. The maximum atomic E-state index is 12.9. The number of anilines is 1. The van der Waals surface area contributed by atoms with E-state index in [0.29, 0.717) is 18.5 Å². The fourth-order valence-electron chi connectivity index (χ4n) is 3.74. The molecule has 0 aliphatic carbocycles. The first kappa shape index (κ1) is 25.8. The number of carbonyl (C=O) groups is 2. The third-order valence-corrected chi connectivity index (χ3v) is 7.09. The molecule has 0 saturated carbocycles. The van der Waals surface area contributed by atoms with Crippen molar-refractivity contribution in [2.45, 2.75) is 23.8 Å². The van der Waals surface area contributed by atoms with Crippen molar-refractivity contribution in [1.82, 2.24) is 25.2 Å². The number of hydrogen-bond donors (Lipinski definition) is 5. The van der Waals surface area contributed by atoms with Gasteiger partial charge in [0.2, 0.25) is 10.0 Å². The van der Waals surface area contributed by atoms with Crippen LogP contribution in [0, 0.1) is 0 Å². The molecule has 0 fully saturated rings. The smallest absolute Gasteiger partial charge is 0.323 e. The van der Waals surface area contributed by atoms with Gasteiger partial charge in [-0.3, -0.25) is 14.7 Å². The van der Waals surface area contributed by atoms with Gasteiger partial charge in [-0.05, 0) is 43.2 Å². The minimum Gasteiger partial charge on any atom is -0.480 e. The zero-order chi connectivity index (χ0) is 26.3. The van der Waals surface area contributed by atoms with Crippen LogP contribution in [0.5, 0.6) is 0 Å². The van der Waals surface area contributed by atoms with Crippen molar-refractivity contribution in [3.8, 4) is 0 Å². The number of carbonyl (C=O) groups excluding carboxylic acids is 1. The number of aryl methyl sites for hydroxylation is 1. The average molecular weight is 523 g/mol. The molecule has 1 unspecified atom stereocenters. The van der Waals surface area contributed by atoms with Crippen molar-refractivity contribution >= 4 is 38.6 Å². The van der Waals surface area contributed by atoms with Gasteiger partial charge in [-0.25, -0.2) is 13.4 Å². The molecule has 0 bridgehead atoms. The summed E-state index contributed by atoms with van der Waals surface area (Å²) in [6.45, 7) is 0.250. The van der Waals surface area contributed by atoms with Crippen LogP contribution in [0.2, 0.25) is 0 Å². The number of H-pyrrole nitrogens is 1. The minimum atomic E-state index is -4.09. The number of carboxylic acids is 1. The normalized spacial score (nSPS) is 12.2. The predicted molar refractivity (Wildman–Crippen MR) is 138 cm³/mol. The lowest BCUT2D eigenvalue weighted by Gasteiger charge is -2.15. The van der Waals surface area contributed by atoms with Gasteiger partial charge < -0.3 is 15.7 Å². The molecule has 4 rings (SSSR count). The SMILES string of the molecule is O=C(NCC(NS(=O)(=O)c1ccccc1)C(=O)O)c1cccc2c(CCCNc3ccccn3)[nH]nc12. The van der Waals surface area contributed by atoms with E-state index in [-0.39, 0.29) is 10.5 Å². The molecule has 192 valence electrons. The number of benzene rings is 2. The van der Waals surface area contributed by atoms with E-state index in [2.05, 4.69) is 30.5 Å². The van der Waals surface area contributed by atoms with E-state index >= 15 is 0 Å². The number of sulfonamides is 1. The Morgan fingerprint density at radius 1 is 1.00 bits per heavy atom. The molecular weight excluding hydrogens is 496 g/mol. The van der Waals surface area contributed by atoms with Crippen LogP contribution in [0.1, 0.15) is 22.5 Å². The van der Waals surface area contributed by atoms with Gasteiger partial charge in [0, 0.05) is 30.4 Å². The van der Waals surface area contributed by atoms with Gasteiger partial charge in [-0.1, -0.05) is 36.4 Å². The van der Waals surface area contributed by atoms with Gasteiger partial charge in [-0.15, -0.1) is 0 Å². The zero-order valence-electron chi connectivity index (χ0n) is 19.7. The number of aromatic amines is 1. The number of aromatic nitrogens is 3. The summed E-state index contributed by atoms with van der Waals surface area (Å²) in [7, 11) is -4.09. The average Bonchev–Trinajstić information content (AvgIpc) is 3.33. The van der Waals surface area contributed by atoms with Gasteiger partial charge in [-0.2, -0.15) is 9.82 Å². The zero-order valence-corrected chi connectivity index (χ0v) is 20.5. The summed E-state index contributed by atoms with van der Waals surface area (Å²) >= 11 is 0. The topological polar surface area (TPSA) is 166 Å². The molecule has 11 nitrogen and oxygen atoms in total. The lowest BCUT2D eigenvalue weighted by Crippen LogP contribution is -2.48. The highest BCUT2D eigenvalue weighted by Crippen LogP contribution is 2.21. The number of aliphatic carboxylic acids is 1. The van der Waals surface area contributed by atoms with Crippen molar-refractivity contribution in [2.75, 3.05) is 18.4 Å². The highest BCUT2D eigenvalue weighted by atomic mass is 32.2. The van der Waals surface area contributed by atoms with Crippen LogP contribution >= 0.6 is 0 Å². The number of nitrogens with one attached hydrogen (secondary N) is 4. The first-order chi connectivity index (χ1) is 17.8. The quantitative estimate of drug-likeness (QED) is 0.177. The molecule has 1 atom stereocenters. The van der Waals surface area contributed by atoms with E-state index in [9.17, 15) is 23.1 Å². The summed E-state index contributed by atoms with van der Waals surface area (Å²) in [5.74, 6) is -1.19. The van der Waals surface area contributed by atoms with Gasteiger partial charge in [0.05, 0.1) is 10.5 Å². The number of hydrogen-bond acceptors (Lipinski definition) is 7. The Labute approximate surface area is 213 Å². The molecule has 0 radical (unpaired) electrons. The van der Waals surface area contributed by atoms with Crippen LogP contribution in [0.3, 0.4) is 0 Å². The number of rotatable bonds is 12. The largest absolute Gasteiger partial charge is 0.480 e. The summed E-state index contributed by atoms with van der Waals surface area (Å²) in [6, 6.07) is 16.6. The maximum absolute atomic E-state index is 12.9. The minimum absolute atomic E-state index is 0.0726. The Kier molecular flexibility index (Phi) is 8.11. The second-order valence-electron chi connectivity index (χ2n) is 8.18. The Bertz CT molecular complexity index is 1480. The molecule has 2 aromatic heterocycles. The number of amides is 1. The summed E-state index contributed by atoms with van der Waals surface area (Å²) < 4.78 is 27.2. The first-order valence-corrected chi connectivity index (χ1v) is 13.0. The van der Waals surface area contributed by atoms with Gasteiger partial charge in [0.1, 0.15) is 17.4 Å². The molecule has 2 heterocycles. The lowest BCUT2D eigenvalue weighted by molar-refractivity contribution is -0.138. The van der Waals surface area contributed by atoms with Crippen LogP contribution in [0.25, 0.3) is 10.9 Å². The molecule has 2 aromatic carbocycles. The van der Waals surface area contributed by atoms with Gasteiger partial charge in [0.15, 0.2) is 0 Å². The van der Waals surface area contributed by atoms with Crippen LogP contribution < -0.4 is 15.4 Å². The van der Waals surface area contributed by atoms with E-state index in [1.54, 1.807) is 24.4 Å². The molecule has 0 aliphatic rings. The Morgan fingerprint density at radius 2 is 1.78 bits per heavy atom. The Hall–Kier alpha value is -4.29. The summed E-state index contributed by atoms with van der Waals surface area (Å²) in [5, 5.41) is 23.3. The number of nitrogens with zero attached hydrogens (tertiary/aromatic N) is 2. The van der Waals surface area contributed by atoms with E-state index < -0.39 is 34.5 Å². The van der Waals surface area contributed by atoms with Crippen LogP contribution in [-0.4, -0.2) is 59.7 Å². The number of para-hydroxylation sites is 1. The third kappa shape index (κ3) is 6.48. The van der Waals surface area contributed by atoms with E-state index in [0.717, 1.165) is 23.3 Å². The van der Waals surface area contributed by atoms with E-state index in [1.165, 1.54) is 24.3 Å². The number of carboxylic acid groups (broad SMARTS) is 1. The Morgan fingerprint density at radius 3 is 2.51 bits per heavy atom. The van der Waals surface area contributed by atoms with Crippen molar-refractivity contribution in [3.05, 3.63) is 84.2 Å². The predicted octanol–water partition coefficient (Wildman–Crippen LogP) is 2.16. The maximum Gasteiger partial charge on any atom is 0.323 e. The van der Waals surface area contributed by atoms with Crippen LogP contribution in [0.15, 0.2) is 77.8 Å². The molecule has 4 aromatic rings. The molecule has 0 saturated heterocycles. The van der Waals surface area contributed by atoms with Crippen LogP contribution in [-0.2, 0) is 21.2 Å². The second-order valence-corrected chi connectivity index (χ2v) is 9.90. The van der Waals surface area contributed by atoms with Crippen molar-refractivity contribution in [3.63, 3.8) is 0 Å². The second kappa shape index (κ2) is 11.6. The highest BCUT2D eigenvalue weighted by molar-refractivity contribution is 7.89. The third-order valence-electron chi connectivity index (χ3n) is 5.60.